The van der Waals surface area contributed by atoms with Crippen molar-refractivity contribution in [2.45, 2.75) is 58.3 Å². The van der Waals surface area contributed by atoms with Crippen molar-refractivity contribution in [1.82, 2.24) is 9.88 Å². The van der Waals surface area contributed by atoms with Gasteiger partial charge in [0.1, 0.15) is 0 Å². The monoisotopic (exact) mass is 557 g/mol. The number of aromatic amines is 1. The van der Waals surface area contributed by atoms with Crippen LogP contribution in [0, 0.1) is 5.92 Å². The molecule has 0 aliphatic carbocycles. The fourth-order valence-corrected chi connectivity index (χ4v) is 6.56. The summed E-state index contributed by atoms with van der Waals surface area (Å²) in [5.41, 5.74) is 7.54. The van der Waals surface area contributed by atoms with Crippen LogP contribution in [0.5, 0.6) is 0 Å². The molecule has 1 aliphatic rings. The van der Waals surface area contributed by atoms with E-state index in [1.807, 2.05) is 19.9 Å². The van der Waals surface area contributed by atoms with Gasteiger partial charge in [0.25, 0.3) is 0 Å². The minimum absolute atomic E-state index is 0.00878. The van der Waals surface area contributed by atoms with Crippen LogP contribution in [0.15, 0.2) is 91.0 Å². The smallest absolute Gasteiger partial charge is 0.226 e. The van der Waals surface area contributed by atoms with E-state index in [1.165, 1.54) is 82.7 Å². The molecule has 1 saturated heterocycles. The maximum atomic E-state index is 12.1. The number of H-pyrrole nitrogens is 1. The van der Waals surface area contributed by atoms with Gasteiger partial charge in [-0.05, 0) is 91.9 Å². The van der Waals surface area contributed by atoms with Gasteiger partial charge in [0.05, 0.1) is 5.52 Å². The number of carbonyl (C=O) groups excluding carboxylic acids is 1. The van der Waals surface area contributed by atoms with Gasteiger partial charge < -0.3 is 15.2 Å². The summed E-state index contributed by atoms with van der Waals surface area (Å²) >= 11 is 0. The molecule has 2 heterocycles. The van der Waals surface area contributed by atoms with Crippen LogP contribution in [0.1, 0.15) is 63.0 Å². The molecule has 1 aliphatic heterocycles. The predicted octanol–water partition coefficient (Wildman–Crippen LogP) is 9.18. The second-order valence-corrected chi connectivity index (χ2v) is 12.2. The van der Waals surface area contributed by atoms with Crippen molar-refractivity contribution in [2.75, 3.05) is 25.0 Å². The molecular formula is C38H43N3O. The molecule has 6 rings (SSSR count). The number of rotatable bonds is 10. The largest absolute Gasteiger partial charge is 0.354 e. The van der Waals surface area contributed by atoms with Gasteiger partial charge in [-0.15, -0.1) is 0 Å². The maximum absolute atomic E-state index is 12.1. The standard InChI is InChI=1S/C38H43N3O/c1-27(2)38(42)39-32-16-11-15-31(26-32)28-21-24-41(25-22-28)23-10-4-7-18-34-35-20-19-29-12-8-9-17-33(29)37(35)40-36(34)30-13-5-3-6-14-30/h3,5-6,8-9,11-17,19-20,26-28,40H,4,7,10,18,21-25H2,1-2H3,(H,39,42). The lowest BCUT2D eigenvalue weighted by Gasteiger charge is -2.32. The summed E-state index contributed by atoms with van der Waals surface area (Å²) in [4.78, 5) is 18.6. The lowest BCUT2D eigenvalue weighted by Crippen LogP contribution is -2.33. The number of anilines is 1. The number of likely N-dealkylation sites (tertiary alicyclic amines) is 1. The molecule has 0 unspecified atom stereocenters. The van der Waals surface area contributed by atoms with Crippen LogP contribution in [-0.2, 0) is 11.2 Å². The van der Waals surface area contributed by atoms with E-state index in [0.717, 1.165) is 25.2 Å². The molecular weight excluding hydrogens is 514 g/mol. The summed E-state index contributed by atoms with van der Waals surface area (Å²) in [5, 5.41) is 7.01. The quantitative estimate of drug-likeness (QED) is 0.168. The molecule has 0 atom stereocenters. The Kier molecular flexibility index (Phi) is 8.71. The van der Waals surface area contributed by atoms with E-state index in [1.54, 1.807) is 0 Å². The zero-order valence-corrected chi connectivity index (χ0v) is 25.0. The number of aromatic nitrogens is 1. The van der Waals surface area contributed by atoms with Gasteiger partial charge in [-0.3, -0.25) is 4.79 Å². The third-order valence-electron chi connectivity index (χ3n) is 9.01. The van der Waals surface area contributed by atoms with Gasteiger partial charge in [-0.25, -0.2) is 0 Å². The number of nitrogens with one attached hydrogen (secondary N) is 2. The highest BCUT2D eigenvalue weighted by Gasteiger charge is 2.21. The number of hydrogen-bond donors (Lipinski definition) is 2. The molecule has 2 N–H and O–H groups in total. The number of carbonyl (C=O) groups is 1. The maximum Gasteiger partial charge on any atom is 0.226 e. The number of aryl methyl sites for hydroxylation is 1. The zero-order chi connectivity index (χ0) is 28.9. The number of unbranched alkanes of at least 4 members (excludes halogenated alkanes) is 2. The summed E-state index contributed by atoms with van der Waals surface area (Å²) in [5.74, 6) is 0.647. The number of amides is 1. The van der Waals surface area contributed by atoms with E-state index in [4.69, 9.17) is 0 Å². The molecule has 1 fully saturated rings. The van der Waals surface area contributed by atoms with Gasteiger partial charge in [-0.2, -0.15) is 0 Å². The third-order valence-corrected chi connectivity index (χ3v) is 9.01. The van der Waals surface area contributed by atoms with Crippen molar-refractivity contribution in [2.24, 2.45) is 5.92 Å². The Morgan fingerprint density at radius 2 is 1.64 bits per heavy atom. The highest BCUT2D eigenvalue weighted by atomic mass is 16.1. The fraction of sp³-hybridized carbons (Fsp3) is 0.342. The van der Waals surface area contributed by atoms with E-state index in [-0.39, 0.29) is 11.8 Å². The minimum atomic E-state index is -0.00878. The summed E-state index contributed by atoms with van der Waals surface area (Å²) in [6.45, 7) is 7.35. The molecule has 0 bridgehead atoms. The molecule has 1 amide bonds. The van der Waals surface area contributed by atoms with Gasteiger partial charge in [0.15, 0.2) is 0 Å². The number of piperidine rings is 1. The summed E-state index contributed by atoms with van der Waals surface area (Å²) in [6, 6.07) is 32.5. The van der Waals surface area contributed by atoms with Crippen LogP contribution in [0.3, 0.4) is 0 Å². The predicted molar refractivity (Wildman–Crippen MR) is 177 cm³/mol. The van der Waals surface area contributed by atoms with E-state index >= 15 is 0 Å². The number of benzene rings is 4. The zero-order valence-electron chi connectivity index (χ0n) is 25.0. The second-order valence-electron chi connectivity index (χ2n) is 12.2. The normalized spacial score (nSPS) is 14.6. The van der Waals surface area contributed by atoms with Crippen LogP contribution in [0.2, 0.25) is 0 Å². The molecule has 42 heavy (non-hydrogen) atoms. The van der Waals surface area contributed by atoms with Crippen molar-refractivity contribution in [3.8, 4) is 11.3 Å². The number of fused-ring (bicyclic) bond motifs is 3. The van der Waals surface area contributed by atoms with E-state index in [0.29, 0.717) is 5.92 Å². The van der Waals surface area contributed by atoms with Crippen molar-refractivity contribution < 1.29 is 4.79 Å². The van der Waals surface area contributed by atoms with E-state index in [2.05, 4.69) is 100 Å². The van der Waals surface area contributed by atoms with E-state index < -0.39 is 0 Å². The Morgan fingerprint density at radius 3 is 2.45 bits per heavy atom. The van der Waals surface area contributed by atoms with Crippen molar-refractivity contribution in [1.29, 1.82) is 0 Å². The average Bonchev–Trinajstić information content (AvgIpc) is 3.41. The highest BCUT2D eigenvalue weighted by molar-refractivity contribution is 6.08. The first-order valence-corrected chi connectivity index (χ1v) is 15.8. The fourth-order valence-electron chi connectivity index (χ4n) is 6.56. The molecule has 0 saturated carbocycles. The number of nitrogens with zero attached hydrogens (tertiary/aromatic N) is 1. The molecule has 4 heteroatoms. The average molecular weight is 558 g/mol. The SMILES string of the molecule is CC(C)C(=O)Nc1cccc(C2CCN(CCCCCc3c(-c4ccccc4)[nH]c4c3ccc3ccccc34)CC2)c1. The Bertz CT molecular complexity index is 1640. The first kappa shape index (κ1) is 28.2. The molecule has 0 spiro atoms. The molecule has 4 nitrogen and oxygen atoms in total. The Hall–Kier alpha value is -3.89. The van der Waals surface area contributed by atoms with Crippen molar-refractivity contribution >= 4 is 33.3 Å². The molecule has 1 aromatic heterocycles. The second kappa shape index (κ2) is 13.0. The summed E-state index contributed by atoms with van der Waals surface area (Å²) in [6.07, 6.45) is 7.15. The number of hydrogen-bond acceptors (Lipinski definition) is 2. The summed E-state index contributed by atoms with van der Waals surface area (Å²) in [7, 11) is 0. The Labute approximate surface area is 250 Å². The van der Waals surface area contributed by atoms with Crippen LogP contribution < -0.4 is 5.32 Å². The molecule has 0 radical (unpaired) electrons. The highest BCUT2D eigenvalue weighted by Crippen LogP contribution is 2.35. The van der Waals surface area contributed by atoms with Gasteiger partial charge in [0, 0.05) is 28.1 Å². The van der Waals surface area contributed by atoms with Crippen LogP contribution in [0.4, 0.5) is 5.69 Å². The van der Waals surface area contributed by atoms with Crippen molar-refractivity contribution in [3.05, 3.63) is 102 Å². The van der Waals surface area contributed by atoms with Gasteiger partial charge in [0.2, 0.25) is 5.91 Å². The first-order valence-electron chi connectivity index (χ1n) is 15.8. The summed E-state index contributed by atoms with van der Waals surface area (Å²) < 4.78 is 0. The van der Waals surface area contributed by atoms with Gasteiger partial charge in [-0.1, -0.05) is 99.1 Å². The first-order chi connectivity index (χ1) is 20.6. The third kappa shape index (κ3) is 6.29. The lowest BCUT2D eigenvalue weighted by atomic mass is 9.89. The minimum Gasteiger partial charge on any atom is -0.354 e. The van der Waals surface area contributed by atoms with Gasteiger partial charge >= 0.3 is 0 Å². The van der Waals surface area contributed by atoms with Crippen LogP contribution in [0.25, 0.3) is 32.9 Å². The van der Waals surface area contributed by atoms with Crippen LogP contribution >= 0.6 is 0 Å². The molecule has 5 aromatic rings. The van der Waals surface area contributed by atoms with E-state index in [9.17, 15) is 4.79 Å². The topological polar surface area (TPSA) is 48.1 Å². The molecule has 216 valence electrons. The Balaban J connectivity index is 1.03. The van der Waals surface area contributed by atoms with Crippen LogP contribution in [-0.4, -0.2) is 35.4 Å². The van der Waals surface area contributed by atoms with Crippen molar-refractivity contribution in [3.63, 3.8) is 0 Å². The lowest BCUT2D eigenvalue weighted by molar-refractivity contribution is -0.118. The molecule has 4 aromatic carbocycles. The Morgan fingerprint density at radius 1 is 0.857 bits per heavy atom.